The molecule has 1 aromatic rings. The molecule has 3 heteroatoms. The van der Waals surface area contributed by atoms with Crippen molar-refractivity contribution in [2.75, 3.05) is 0 Å². The van der Waals surface area contributed by atoms with Crippen molar-refractivity contribution < 1.29 is 4.79 Å². The Bertz CT molecular complexity index is 412. The van der Waals surface area contributed by atoms with Crippen LogP contribution in [0.3, 0.4) is 0 Å². The van der Waals surface area contributed by atoms with Crippen LogP contribution >= 0.6 is 0 Å². The average Bonchev–Trinajstić information content (AvgIpc) is 2.25. The van der Waals surface area contributed by atoms with E-state index >= 15 is 0 Å². The maximum atomic E-state index is 9.96. The van der Waals surface area contributed by atoms with Crippen LogP contribution in [0.2, 0.25) is 0 Å². The van der Waals surface area contributed by atoms with Gasteiger partial charge in [0, 0.05) is 0 Å². The number of benzene rings is 1. The topological polar surface area (TPSA) is 53.2 Å². The number of aliphatic imine (C=N–C) groups is 1. The first-order valence-corrected chi connectivity index (χ1v) is 4.38. The predicted octanol–water partition coefficient (Wildman–Crippen LogP) is 1.96. The fourth-order valence-electron chi connectivity index (χ4n) is 1.34. The highest BCUT2D eigenvalue weighted by Crippen LogP contribution is 2.15. The zero-order valence-corrected chi connectivity index (χ0v) is 7.95. The molecule has 0 aromatic heterocycles. The van der Waals surface area contributed by atoms with Crippen molar-refractivity contribution in [2.24, 2.45) is 4.99 Å². The quantitative estimate of drug-likeness (QED) is 0.535. The van der Waals surface area contributed by atoms with Gasteiger partial charge < -0.3 is 0 Å². The number of carbonyl (C=O) groups excluding carboxylic acids is 1. The van der Waals surface area contributed by atoms with E-state index < -0.39 is 0 Å². The Labute approximate surface area is 82.7 Å². The van der Waals surface area contributed by atoms with Crippen LogP contribution in [-0.4, -0.2) is 6.08 Å². The summed E-state index contributed by atoms with van der Waals surface area (Å²) < 4.78 is 0. The van der Waals surface area contributed by atoms with Crippen LogP contribution < -0.4 is 0 Å². The minimum absolute atomic E-state index is 0.236. The lowest BCUT2D eigenvalue weighted by atomic mass is 10.0. The largest absolute Gasteiger partial charge is 0.235 e. The summed E-state index contributed by atoms with van der Waals surface area (Å²) in [6.07, 6.45) is 2.28. The summed E-state index contributed by atoms with van der Waals surface area (Å²) in [4.78, 5) is 13.4. The van der Waals surface area contributed by atoms with Crippen molar-refractivity contribution in [3.63, 3.8) is 0 Å². The standard InChI is InChI=1S/C11H10N2O/c1-2-9-4-3-5-10(7-13-8-14)11(9)6-12/h3-5H,2,7H2,1H3. The molecule has 0 saturated carbocycles. The monoisotopic (exact) mass is 186 g/mol. The molecule has 0 atom stereocenters. The average molecular weight is 186 g/mol. The van der Waals surface area contributed by atoms with Crippen LogP contribution in [0.15, 0.2) is 23.2 Å². The molecule has 1 aromatic carbocycles. The summed E-state index contributed by atoms with van der Waals surface area (Å²) in [5, 5.41) is 8.94. The zero-order chi connectivity index (χ0) is 10.4. The number of hydrogen-bond acceptors (Lipinski definition) is 3. The highest BCUT2D eigenvalue weighted by Gasteiger charge is 2.05. The first kappa shape index (κ1) is 10.2. The molecule has 0 heterocycles. The van der Waals surface area contributed by atoms with Gasteiger partial charge in [-0.1, -0.05) is 25.1 Å². The van der Waals surface area contributed by atoms with Gasteiger partial charge in [0.25, 0.3) is 0 Å². The maximum Gasteiger partial charge on any atom is 0.235 e. The Balaban J connectivity index is 3.16. The number of nitriles is 1. The minimum Gasteiger partial charge on any atom is -0.211 e. The van der Waals surface area contributed by atoms with Gasteiger partial charge in [-0.2, -0.15) is 5.26 Å². The van der Waals surface area contributed by atoms with Crippen molar-refractivity contribution in [3.05, 3.63) is 34.9 Å². The third-order valence-corrected chi connectivity index (χ3v) is 2.04. The normalized spacial score (nSPS) is 8.86. The summed E-state index contributed by atoms with van der Waals surface area (Å²) >= 11 is 0. The molecule has 0 radical (unpaired) electrons. The third-order valence-electron chi connectivity index (χ3n) is 2.04. The SMILES string of the molecule is CCc1cccc(CN=C=O)c1C#N. The van der Waals surface area contributed by atoms with E-state index in [1.54, 1.807) is 6.07 Å². The van der Waals surface area contributed by atoms with Crippen molar-refractivity contribution in [1.29, 1.82) is 5.26 Å². The fourth-order valence-corrected chi connectivity index (χ4v) is 1.34. The molecule has 1 rings (SSSR count). The molecular formula is C11H10N2O. The summed E-state index contributed by atoms with van der Waals surface area (Å²) in [5.41, 5.74) is 2.41. The molecule has 3 nitrogen and oxygen atoms in total. The minimum atomic E-state index is 0.236. The molecule has 70 valence electrons. The van der Waals surface area contributed by atoms with E-state index in [9.17, 15) is 4.79 Å². The van der Waals surface area contributed by atoms with Crippen molar-refractivity contribution >= 4 is 6.08 Å². The van der Waals surface area contributed by atoms with Crippen LogP contribution in [-0.2, 0) is 17.8 Å². The van der Waals surface area contributed by atoms with Crippen LogP contribution in [0.1, 0.15) is 23.6 Å². The molecule has 0 unspecified atom stereocenters. The second kappa shape index (κ2) is 4.96. The second-order valence-electron chi connectivity index (χ2n) is 2.82. The molecule has 0 aliphatic heterocycles. The zero-order valence-electron chi connectivity index (χ0n) is 7.95. The first-order chi connectivity index (χ1) is 6.83. The molecule has 14 heavy (non-hydrogen) atoms. The molecule has 0 bridgehead atoms. The van der Waals surface area contributed by atoms with Crippen LogP contribution in [0, 0.1) is 11.3 Å². The van der Waals surface area contributed by atoms with Gasteiger partial charge >= 0.3 is 0 Å². The fraction of sp³-hybridized carbons (Fsp3) is 0.273. The number of hydrogen-bond donors (Lipinski definition) is 0. The van der Waals surface area contributed by atoms with E-state index in [4.69, 9.17) is 5.26 Å². The highest BCUT2D eigenvalue weighted by atomic mass is 16.1. The summed E-state index contributed by atoms with van der Waals surface area (Å²) in [6.45, 7) is 2.23. The lowest BCUT2D eigenvalue weighted by molar-refractivity contribution is 0.562. The molecule has 0 amide bonds. The van der Waals surface area contributed by atoms with E-state index in [1.165, 1.54) is 6.08 Å². The van der Waals surface area contributed by atoms with Crippen molar-refractivity contribution in [1.82, 2.24) is 0 Å². The van der Waals surface area contributed by atoms with E-state index in [0.29, 0.717) is 5.56 Å². The number of rotatable bonds is 3. The maximum absolute atomic E-state index is 9.96. The van der Waals surface area contributed by atoms with Gasteiger partial charge in [0.05, 0.1) is 18.2 Å². The second-order valence-corrected chi connectivity index (χ2v) is 2.82. The van der Waals surface area contributed by atoms with Gasteiger partial charge in [-0.15, -0.1) is 0 Å². The number of nitrogens with zero attached hydrogens (tertiary/aromatic N) is 2. The summed E-state index contributed by atoms with van der Waals surface area (Å²) in [7, 11) is 0. The van der Waals surface area contributed by atoms with Gasteiger partial charge in [-0.3, -0.25) is 0 Å². The Morgan fingerprint density at radius 3 is 2.71 bits per heavy atom. The van der Waals surface area contributed by atoms with Gasteiger partial charge in [0.1, 0.15) is 0 Å². The predicted molar refractivity (Wildman–Crippen MR) is 52.4 cm³/mol. The molecular weight excluding hydrogens is 176 g/mol. The molecule has 0 fully saturated rings. The van der Waals surface area contributed by atoms with Gasteiger partial charge in [-0.25, -0.2) is 9.79 Å². The van der Waals surface area contributed by atoms with Crippen molar-refractivity contribution in [3.8, 4) is 6.07 Å². The molecule has 0 aliphatic carbocycles. The molecule has 0 N–H and O–H groups in total. The Hall–Kier alpha value is -1.91. The molecule has 0 saturated heterocycles. The van der Waals surface area contributed by atoms with Crippen LogP contribution in [0.25, 0.3) is 0 Å². The smallest absolute Gasteiger partial charge is 0.211 e. The molecule has 0 spiro atoms. The first-order valence-electron chi connectivity index (χ1n) is 4.38. The Morgan fingerprint density at radius 2 is 2.14 bits per heavy atom. The highest BCUT2D eigenvalue weighted by molar-refractivity contribution is 5.45. The number of aryl methyl sites for hydroxylation is 1. The van der Waals surface area contributed by atoms with E-state index in [1.807, 2.05) is 19.1 Å². The van der Waals surface area contributed by atoms with Crippen molar-refractivity contribution in [2.45, 2.75) is 19.9 Å². The van der Waals surface area contributed by atoms with E-state index in [-0.39, 0.29) is 6.54 Å². The van der Waals surface area contributed by atoms with E-state index in [2.05, 4.69) is 11.1 Å². The third kappa shape index (κ3) is 2.07. The van der Waals surface area contributed by atoms with Crippen LogP contribution in [0.4, 0.5) is 0 Å². The van der Waals surface area contributed by atoms with Gasteiger partial charge in [0.2, 0.25) is 6.08 Å². The van der Waals surface area contributed by atoms with Gasteiger partial charge in [0.15, 0.2) is 0 Å². The number of isocyanates is 1. The van der Waals surface area contributed by atoms with Crippen LogP contribution in [0.5, 0.6) is 0 Å². The lowest BCUT2D eigenvalue weighted by Crippen LogP contribution is -1.94. The lowest BCUT2D eigenvalue weighted by Gasteiger charge is -2.04. The van der Waals surface area contributed by atoms with Gasteiger partial charge in [-0.05, 0) is 17.5 Å². The Morgan fingerprint density at radius 1 is 1.43 bits per heavy atom. The Kier molecular flexibility index (Phi) is 3.60. The summed E-state index contributed by atoms with van der Waals surface area (Å²) in [5.74, 6) is 0. The van der Waals surface area contributed by atoms with E-state index in [0.717, 1.165) is 17.5 Å². The molecule has 0 aliphatic rings. The summed E-state index contributed by atoms with van der Waals surface area (Å²) in [6, 6.07) is 7.72.